The Labute approximate surface area is 252 Å². The van der Waals surface area contributed by atoms with Crippen LogP contribution < -0.4 is 0 Å². The molecular weight excluding hydrogens is 520 g/mol. The lowest BCUT2D eigenvalue weighted by molar-refractivity contribution is 0.639. The van der Waals surface area contributed by atoms with Crippen molar-refractivity contribution < 1.29 is 0 Å². The molecule has 43 heavy (non-hydrogen) atoms. The van der Waals surface area contributed by atoms with Crippen LogP contribution in [0.15, 0.2) is 121 Å². The molecule has 2 aromatic heterocycles. The van der Waals surface area contributed by atoms with Crippen molar-refractivity contribution in [3.05, 3.63) is 144 Å². The van der Waals surface area contributed by atoms with Gasteiger partial charge in [0.1, 0.15) is 0 Å². The van der Waals surface area contributed by atoms with Gasteiger partial charge in [0.25, 0.3) is 0 Å². The molecule has 2 nitrogen and oxygen atoms in total. The third-order valence-electron chi connectivity index (χ3n) is 10.2. The predicted molar refractivity (Wildman–Crippen MR) is 179 cm³/mol. The number of fused-ring (bicyclic) bond motifs is 9. The molecule has 0 radical (unpaired) electrons. The number of para-hydroxylation sites is 1. The van der Waals surface area contributed by atoms with Crippen LogP contribution in [0.1, 0.15) is 49.9 Å². The van der Waals surface area contributed by atoms with E-state index in [9.17, 15) is 0 Å². The number of hydrogen-bond acceptors (Lipinski definition) is 1. The number of aromatic nitrogens is 2. The lowest BCUT2D eigenvalue weighted by atomic mass is 9.77. The Morgan fingerprint density at radius 1 is 0.488 bits per heavy atom. The van der Waals surface area contributed by atoms with Crippen LogP contribution in [-0.2, 0) is 10.8 Å². The van der Waals surface area contributed by atoms with Crippen LogP contribution in [0.5, 0.6) is 0 Å². The zero-order chi connectivity index (χ0) is 29.1. The van der Waals surface area contributed by atoms with Crippen molar-refractivity contribution in [2.45, 2.75) is 38.5 Å². The summed E-state index contributed by atoms with van der Waals surface area (Å²) in [6.45, 7) is 9.56. The second kappa shape index (κ2) is 8.33. The van der Waals surface area contributed by atoms with E-state index in [0.717, 1.165) is 16.9 Å². The Morgan fingerprint density at radius 2 is 1.14 bits per heavy atom. The molecule has 9 rings (SSSR count). The highest BCUT2D eigenvalue weighted by Crippen LogP contribution is 2.56. The average molecular weight is 553 g/mol. The smallest absolute Gasteiger partial charge is 0.0722 e. The van der Waals surface area contributed by atoms with Crippen LogP contribution >= 0.6 is 0 Å². The summed E-state index contributed by atoms with van der Waals surface area (Å²) in [5.41, 5.74) is 16.7. The molecule has 0 N–H and O–H groups in total. The van der Waals surface area contributed by atoms with Crippen molar-refractivity contribution in [2.24, 2.45) is 0 Å². The van der Waals surface area contributed by atoms with E-state index in [1.807, 2.05) is 6.20 Å². The van der Waals surface area contributed by atoms with Crippen molar-refractivity contribution >= 4 is 21.8 Å². The Bertz CT molecular complexity index is 2280. The van der Waals surface area contributed by atoms with E-state index in [4.69, 9.17) is 4.98 Å². The maximum atomic E-state index is 4.74. The van der Waals surface area contributed by atoms with Gasteiger partial charge in [0.05, 0.1) is 16.7 Å². The molecule has 2 heteroatoms. The fourth-order valence-electron chi connectivity index (χ4n) is 7.99. The van der Waals surface area contributed by atoms with Crippen molar-refractivity contribution in [1.82, 2.24) is 9.55 Å². The van der Waals surface area contributed by atoms with Crippen LogP contribution in [0.25, 0.3) is 61.0 Å². The molecule has 0 aliphatic heterocycles. The Balaban J connectivity index is 1.33. The van der Waals surface area contributed by atoms with E-state index in [2.05, 4.69) is 148 Å². The summed E-state index contributed by atoms with van der Waals surface area (Å²) in [6.07, 6.45) is 1.94. The molecular formula is C41H32N2. The first-order chi connectivity index (χ1) is 20.8. The Morgan fingerprint density at radius 3 is 1.98 bits per heavy atom. The lowest BCUT2D eigenvalue weighted by Gasteiger charge is -2.26. The van der Waals surface area contributed by atoms with Gasteiger partial charge >= 0.3 is 0 Å². The van der Waals surface area contributed by atoms with Gasteiger partial charge in [-0.3, -0.25) is 4.98 Å². The van der Waals surface area contributed by atoms with E-state index >= 15 is 0 Å². The molecule has 0 saturated heterocycles. The quantitative estimate of drug-likeness (QED) is 0.209. The van der Waals surface area contributed by atoms with Crippen LogP contribution in [0.4, 0.5) is 0 Å². The summed E-state index contributed by atoms with van der Waals surface area (Å²) >= 11 is 0. The first-order valence-corrected chi connectivity index (χ1v) is 15.2. The summed E-state index contributed by atoms with van der Waals surface area (Å²) in [6, 6.07) is 42.5. The number of hydrogen-bond donors (Lipinski definition) is 0. The highest BCUT2D eigenvalue weighted by Gasteiger charge is 2.42. The van der Waals surface area contributed by atoms with Crippen LogP contribution in [0, 0.1) is 0 Å². The molecule has 5 aromatic carbocycles. The van der Waals surface area contributed by atoms with E-state index in [-0.39, 0.29) is 10.8 Å². The van der Waals surface area contributed by atoms with E-state index < -0.39 is 0 Å². The van der Waals surface area contributed by atoms with Crippen LogP contribution in [0.3, 0.4) is 0 Å². The van der Waals surface area contributed by atoms with Crippen molar-refractivity contribution in [3.63, 3.8) is 0 Å². The fraction of sp³-hybridized carbons (Fsp3) is 0.146. The Kier molecular flexibility index (Phi) is 4.77. The zero-order valence-electron chi connectivity index (χ0n) is 24.9. The SMILES string of the molecule is CC1(C)c2ccccc2-c2cc3c(cc21)C(C)(C)c1cc2c4ccccc4n(-c4ccnc(-c5ccccc5)c4)c2cc1-3. The minimum absolute atomic E-state index is 0.0128. The van der Waals surface area contributed by atoms with E-state index in [1.165, 1.54) is 66.3 Å². The second-order valence-corrected chi connectivity index (χ2v) is 13.3. The maximum absolute atomic E-state index is 4.74. The number of pyridine rings is 1. The first-order valence-electron chi connectivity index (χ1n) is 15.2. The standard InChI is InChI=1S/C41H32N2/c1-40(2)33-16-10-8-14-27(33)29-21-30-31-23-39-32(22-34(31)41(3,4)36(30)24-35(29)40)28-15-9-11-17-38(28)43(39)26-18-19-42-37(20-26)25-12-6-5-7-13-25/h5-24H,1-4H3. The number of nitrogens with zero attached hydrogens (tertiary/aromatic N) is 2. The highest BCUT2D eigenvalue weighted by molar-refractivity contribution is 6.11. The van der Waals surface area contributed by atoms with Crippen molar-refractivity contribution in [1.29, 1.82) is 0 Å². The zero-order valence-corrected chi connectivity index (χ0v) is 24.9. The van der Waals surface area contributed by atoms with Gasteiger partial charge in [-0.25, -0.2) is 0 Å². The summed E-state index contributed by atoms with van der Waals surface area (Å²) in [4.78, 5) is 4.74. The number of rotatable bonds is 2. The molecule has 0 unspecified atom stereocenters. The minimum Gasteiger partial charge on any atom is -0.309 e. The maximum Gasteiger partial charge on any atom is 0.0722 e. The van der Waals surface area contributed by atoms with Gasteiger partial charge in [-0.15, -0.1) is 0 Å². The van der Waals surface area contributed by atoms with Crippen LogP contribution in [-0.4, -0.2) is 9.55 Å². The van der Waals surface area contributed by atoms with Gasteiger partial charge in [-0.2, -0.15) is 0 Å². The molecule has 2 aliphatic carbocycles. The third kappa shape index (κ3) is 3.21. The predicted octanol–water partition coefficient (Wildman–Crippen LogP) is 10.5. The van der Waals surface area contributed by atoms with E-state index in [0.29, 0.717) is 0 Å². The van der Waals surface area contributed by atoms with Gasteiger partial charge in [0.15, 0.2) is 0 Å². The molecule has 0 amide bonds. The Hall–Kier alpha value is -4.95. The lowest BCUT2D eigenvalue weighted by Crippen LogP contribution is -2.18. The summed E-state index contributed by atoms with van der Waals surface area (Å²) in [5, 5.41) is 2.58. The van der Waals surface area contributed by atoms with Crippen molar-refractivity contribution in [2.75, 3.05) is 0 Å². The second-order valence-electron chi connectivity index (χ2n) is 13.3. The van der Waals surface area contributed by atoms with Crippen molar-refractivity contribution in [3.8, 4) is 39.2 Å². The summed E-state index contributed by atoms with van der Waals surface area (Å²) in [7, 11) is 0. The van der Waals surface area contributed by atoms with Gasteiger partial charge in [-0.05, 0) is 80.9 Å². The first kappa shape index (κ1) is 24.6. The highest BCUT2D eigenvalue weighted by atomic mass is 15.0. The third-order valence-corrected chi connectivity index (χ3v) is 10.2. The summed E-state index contributed by atoms with van der Waals surface area (Å²) in [5.74, 6) is 0. The fourth-order valence-corrected chi connectivity index (χ4v) is 7.99. The van der Waals surface area contributed by atoms with E-state index in [1.54, 1.807) is 0 Å². The normalized spacial score (nSPS) is 15.3. The van der Waals surface area contributed by atoms with Gasteiger partial charge < -0.3 is 4.57 Å². The molecule has 0 bridgehead atoms. The van der Waals surface area contributed by atoms with Gasteiger partial charge in [0.2, 0.25) is 0 Å². The molecule has 0 fully saturated rings. The average Bonchev–Trinajstić information content (AvgIpc) is 3.56. The molecule has 2 heterocycles. The molecule has 0 atom stereocenters. The molecule has 206 valence electrons. The summed E-state index contributed by atoms with van der Waals surface area (Å²) < 4.78 is 2.43. The van der Waals surface area contributed by atoms with Gasteiger partial charge in [0, 0.05) is 39.1 Å². The molecule has 0 saturated carbocycles. The topological polar surface area (TPSA) is 17.8 Å². The largest absolute Gasteiger partial charge is 0.309 e. The molecule has 7 aromatic rings. The molecule has 2 aliphatic rings. The monoisotopic (exact) mass is 552 g/mol. The minimum atomic E-state index is -0.0981. The molecule has 0 spiro atoms. The van der Waals surface area contributed by atoms with Gasteiger partial charge in [-0.1, -0.05) is 107 Å². The van der Waals surface area contributed by atoms with Crippen LogP contribution in [0.2, 0.25) is 0 Å². The number of benzene rings is 5.